The second-order valence-corrected chi connectivity index (χ2v) is 6.50. The van der Waals surface area contributed by atoms with Crippen molar-refractivity contribution in [1.29, 1.82) is 0 Å². The van der Waals surface area contributed by atoms with Gasteiger partial charge in [0.25, 0.3) is 0 Å². The lowest BCUT2D eigenvalue weighted by molar-refractivity contribution is -0.0834. The first kappa shape index (κ1) is 16.2. The molecule has 1 aliphatic heterocycles. The molecule has 0 amide bonds. The summed E-state index contributed by atoms with van der Waals surface area (Å²) in [5, 5.41) is 10.1. The Kier molecular flexibility index (Phi) is 4.57. The summed E-state index contributed by atoms with van der Waals surface area (Å²) < 4.78 is 65.9. The Morgan fingerprint density at radius 3 is 2.48 bits per heavy atom. The zero-order valence-corrected chi connectivity index (χ0v) is 11.6. The lowest BCUT2D eigenvalue weighted by Gasteiger charge is -2.34. The lowest BCUT2D eigenvalue weighted by Crippen LogP contribution is -2.51. The number of aliphatic hydroxyl groups is 1. The van der Waals surface area contributed by atoms with E-state index >= 15 is 0 Å². The number of halogens is 3. The monoisotopic (exact) mass is 325 g/mol. The molecule has 1 saturated heterocycles. The third-order valence-electron chi connectivity index (χ3n) is 3.18. The van der Waals surface area contributed by atoms with Crippen LogP contribution in [-0.2, 0) is 14.8 Å². The van der Waals surface area contributed by atoms with Gasteiger partial charge in [-0.25, -0.2) is 8.42 Å². The summed E-state index contributed by atoms with van der Waals surface area (Å²) in [7, 11) is -5.41. The number of ether oxygens (including phenoxy) is 1. The van der Waals surface area contributed by atoms with E-state index in [1.54, 1.807) is 30.3 Å². The molecular formula is C12H14F3NO4S. The summed E-state index contributed by atoms with van der Waals surface area (Å²) in [5.74, 6) is 0. The highest BCUT2D eigenvalue weighted by atomic mass is 32.2. The maximum Gasteiger partial charge on any atom is 0.511 e. The largest absolute Gasteiger partial charge is 0.511 e. The van der Waals surface area contributed by atoms with E-state index < -0.39 is 34.3 Å². The molecule has 0 saturated carbocycles. The minimum absolute atomic E-state index is 0.204. The molecule has 0 bridgehead atoms. The normalized spacial score (nSPS) is 23.0. The maximum absolute atomic E-state index is 12.5. The molecule has 5 nitrogen and oxygen atoms in total. The summed E-state index contributed by atoms with van der Waals surface area (Å²) in [4.78, 5) is 0. The number of benzene rings is 1. The topological polar surface area (TPSA) is 66.8 Å². The number of sulfonamides is 1. The van der Waals surface area contributed by atoms with Crippen molar-refractivity contribution in [3.63, 3.8) is 0 Å². The van der Waals surface area contributed by atoms with E-state index in [2.05, 4.69) is 0 Å². The number of hydrogen-bond donors (Lipinski definition) is 1. The van der Waals surface area contributed by atoms with E-state index in [0.29, 0.717) is 9.87 Å². The second-order valence-electron chi connectivity index (χ2n) is 4.57. The molecule has 2 rings (SSSR count). The Morgan fingerprint density at radius 2 is 1.90 bits per heavy atom. The Balaban J connectivity index is 2.15. The van der Waals surface area contributed by atoms with Crippen LogP contribution in [0.3, 0.4) is 0 Å². The minimum Gasteiger partial charge on any atom is -0.386 e. The van der Waals surface area contributed by atoms with E-state index in [1.807, 2.05) is 0 Å². The molecule has 1 fully saturated rings. The highest BCUT2D eigenvalue weighted by Crippen LogP contribution is 2.30. The van der Waals surface area contributed by atoms with Gasteiger partial charge in [0.15, 0.2) is 0 Å². The molecule has 1 aromatic rings. The number of alkyl halides is 3. The zero-order valence-electron chi connectivity index (χ0n) is 10.8. The highest BCUT2D eigenvalue weighted by Gasteiger charge is 2.51. The van der Waals surface area contributed by atoms with Crippen LogP contribution in [0.4, 0.5) is 13.2 Å². The predicted molar refractivity (Wildman–Crippen MR) is 67.7 cm³/mol. The first-order valence-electron chi connectivity index (χ1n) is 6.14. The Labute approximate surface area is 120 Å². The van der Waals surface area contributed by atoms with Crippen molar-refractivity contribution in [2.24, 2.45) is 0 Å². The number of nitrogens with zero attached hydrogens (tertiary/aromatic N) is 1. The molecule has 1 aromatic carbocycles. The van der Waals surface area contributed by atoms with Crippen molar-refractivity contribution < 1.29 is 31.4 Å². The lowest BCUT2D eigenvalue weighted by atomic mass is 10.0. The molecule has 0 aliphatic carbocycles. The van der Waals surface area contributed by atoms with Gasteiger partial charge in [-0.1, -0.05) is 30.3 Å². The van der Waals surface area contributed by atoms with Crippen molar-refractivity contribution in [3.8, 4) is 0 Å². The number of hydrogen-bond acceptors (Lipinski definition) is 4. The van der Waals surface area contributed by atoms with Crippen LogP contribution in [0, 0.1) is 0 Å². The Hall–Kier alpha value is -1.16. The second kappa shape index (κ2) is 5.91. The minimum atomic E-state index is -5.41. The summed E-state index contributed by atoms with van der Waals surface area (Å²) in [6.07, 6.45) is -2.24. The van der Waals surface area contributed by atoms with Gasteiger partial charge >= 0.3 is 15.5 Å². The fraction of sp³-hybridized carbons (Fsp3) is 0.500. The van der Waals surface area contributed by atoms with Crippen LogP contribution in [0.1, 0.15) is 11.7 Å². The molecule has 1 unspecified atom stereocenters. The molecule has 1 heterocycles. The standard InChI is InChI=1S/C12H14F3NO4S/c13-12(14,15)21(18,19)16-6-7-20-10(8-16)11(17)9-4-2-1-3-5-9/h1-5,10-11,17H,6-8H2/t10-,11?/m0/s1. The molecule has 0 spiro atoms. The van der Waals surface area contributed by atoms with Gasteiger partial charge in [-0.05, 0) is 5.56 Å². The molecule has 2 atom stereocenters. The summed E-state index contributed by atoms with van der Waals surface area (Å²) in [6.45, 7) is -1.14. The fourth-order valence-corrected chi connectivity index (χ4v) is 3.02. The van der Waals surface area contributed by atoms with Gasteiger partial charge in [0.1, 0.15) is 12.2 Å². The Morgan fingerprint density at radius 1 is 1.29 bits per heavy atom. The van der Waals surface area contributed by atoms with Gasteiger partial charge < -0.3 is 9.84 Å². The molecule has 1 aliphatic rings. The maximum atomic E-state index is 12.5. The summed E-state index contributed by atoms with van der Waals surface area (Å²) in [5.41, 5.74) is -4.90. The van der Waals surface area contributed by atoms with Gasteiger partial charge in [0.2, 0.25) is 0 Å². The third-order valence-corrected chi connectivity index (χ3v) is 4.78. The van der Waals surface area contributed by atoms with E-state index in [-0.39, 0.29) is 13.2 Å². The van der Waals surface area contributed by atoms with Gasteiger partial charge in [0, 0.05) is 13.1 Å². The zero-order chi connectivity index (χ0) is 15.7. The Bertz CT molecular complexity index is 576. The van der Waals surface area contributed by atoms with Crippen LogP contribution < -0.4 is 0 Å². The van der Waals surface area contributed by atoms with Gasteiger partial charge in [-0.3, -0.25) is 0 Å². The quantitative estimate of drug-likeness (QED) is 0.909. The van der Waals surface area contributed by atoms with Crippen LogP contribution >= 0.6 is 0 Å². The first-order valence-corrected chi connectivity index (χ1v) is 7.58. The predicted octanol–water partition coefficient (Wildman–Crippen LogP) is 1.27. The smallest absolute Gasteiger partial charge is 0.386 e. The SMILES string of the molecule is O=S(=O)(N1CCO[C@H](C(O)c2ccccc2)C1)C(F)(F)F. The molecule has 9 heteroatoms. The van der Waals surface area contributed by atoms with E-state index in [1.165, 1.54) is 0 Å². The van der Waals surface area contributed by atoms with Gasteiger partial charge in [-0.2, -0.15) is 17.5 Å². The van der Waals surface area contributed by atoms with E-state index in [4.69, 9.17) is 4.74 Å². The number of morpholine rings is 1. The number of aliphatic hydroxyl groups excluding tert-OH is 1. The molecule has 0 radical (unpaired) electrons. The molecular weight excluding hydrogens is 311 g/mol. The van der Waals surface area contributed by atoms with Crippen molar-refractivity contribution in [1.82, 2.24) is 4.31 Å². The van der Waals surface area contributed by atoms with Crippen molar-refractivity contribution in [3.05, 3.63) is 35.9 Å². The first-order chi connectivity index (χ1) is 9.73. The van der Waals surface area contributed by atoms with Crippen molar-refractivity contribution in [2.45, 2.75) is 17.7 Å². The van der Waals surface area contributed by atoms with Crippen molar-refractivity contribution in [2.75, 3.05) is 19.7 Å². The fourth-order valence-electron chi connectivity index (χ4n) is 2.07. The van der Waals surface area contributed by atoms with E-state index in [0.717, 1.165) is 0 Å². The highest BCUT2D eigenvalue weighted by molar-refractivity contribution is 7.90. The van der Waals surface area contributed by atoms with Crippen LogP contribution in [0.2, 0.25) is 0 Å². The summed E-state index contributed by atoms with van der Waals surface area (Å²) >= 11 is 0. The molecule has 1 N–H and O–H groups in total. The third kappa shape index (κ3) is 3.37. The van der Waals surface area contributed by atoms with Crippen molar-refractivity contribution >= 4 is 10.0 Å². The van der Waals surface area contributed by atoms with E-state index in [9.17, 15) is 26.7 Å². The van der Waals surface area contributed by atoms with Crippen LogP contribution in [0.15, 0.2) is 30.3 Å². The van der Waals surface area contributed by atoms with Crippen LogP contribution in [-0.4, -0.2) is 49.1 Å². The average Bonchev–Trinajstić information content (AvgIpc) is 2.46. The van der Waals surface area contributed by atoms with Crippen LogP contribution in [0.25, 0.3) is 0 Å². The van der Waals surface area contributed by atoms with Crippen LogP contribution in [0.5, 0.6) is 0 Å². The molecule has 0 aromatic heterocycles. The van der Waals surface area contributed by atoms with Gasteiger partial charge in [-0.15, -0.1) is 0 Å². The summed E-state index contributed by atoms with van der Waals surface area (Å²) in [6, 6.07) is 8.21. The average molecular weight is 325 g/mol. The molecule has 21 heavy (non-hydrogen) atoms. The number of rotatable bonds is 3. The molecule has 118 valence electrons. The van der Waals surface area contributed by atoms with Gasteiger partial charge in [0.05, 0.1) is 6.61 Å².